The Morgan fingerprint density at radius 1 is 1.62 bits per heavy atom. The fourth-order valence-corrected chi connectivity index (χ4v) is 3.25. The first-order valence-corrected chi connectivity index (χ1v) is 7.99. The van der Waals surface area contributed by atoms with Crippen molar-refractivity contribution in [3.63, 3.8) is 0 Å². The number of hydrogen-bond donors (Lipinski definition) is 2. The number of nitrogens with zero attached hydrogens (tertiary/aromatic N) is 3. The Morgan fingerprint density at radius 2 is 2.38 bits per heavy atom. The molecule has 9 nitrogen and oxygen atoms in total. The molecule has 3 heterocycles. The number of nitrogens with one attached hydrogen (secondary N) is 1. The lowest BCUT2D eigenvalue weighted by atomic mass is 10.2. The number of H-pyrrole nitrogens is 1. The summed E-state index contributed by atoms with van der Waals surface area (Å²) in [5.41, 5.74) is 5.88. The van der Waals surface area contributed by atoms with Crippen LogP contribution in [-0.2, 0) is 14.3 Å². The van der Waals surface area contributed by atoms with Gasteiger partial charge in [-0.3, -0.25) is 9.36 Å². The topological polar surface area (TPSA) is 136 Å². The van der Waals surface area contributed by atoms with Gasteiger partial charge >= 0.3 is 11.7 Å². The van der Waals surface area contributed by atoms with Crippen LogP contribution in [0.2, 0.25) is 0 Å². The number of nitrogen functional groups attached to an aromatic ring is 1. The van der Waals surface area contributed by atoms with Gasteiger partial charge in [0.2, 0.25) is 0 Å². The molecule has 126 valence electrons. The minimum Gasteiger partial charge on any atom is -0.463 e. The largest absolute Gasteiger partial charge is 0.463 e. The van der Waals surface area contributed by atoms with Gasteiger partial charge in [-0.15, -0.1) is 0 Å². The Hall–Kier alpha value is -2.38. The Kier molecular flexibility index (Phi) is 4.29. The van der Waals surface area contributed by atoms with Gasteiger partial charge in [0.15, 0.2) is 0 Å². The quantitative estimate of drug-likeness (QED) is 0.744. The van der Waals surface area contributed by atoms with E-state index in [0.717, 1.165) is 0 Å². The first-order valence-electron chi connectivity index (χ1n) is 7.20. The molecule has 1 aliphatic heterocycles. The maximum Gasteiger partial charge on any atom is 0.353 e. The molecule has 3 N–H and O–H groups in total. The highest BCUT2D eigenvalue weighted by Gasteiger charge is 2.31. The summed E-state index contributed by atoms with van der Waals surface area (Å²) in [7, 11) is 0. The van der Waals surface area contributed by atoms with Crippen LogP contribution in [0, 0.1) is 11.3 Å². The molecule has 0 unspecified atom stereocenters. The monoisotopic (exact) mass is 395 g/mol. The van der Waals surface area contributed by atoms with Gasteiger partial charge in [0.05, 0.1) is 17.1 Å². The fraction of sp³-hybridized carbons (Fsp3) is 0.429. The van der Waals surface area contributed by atoms with E-state index in [-0.39, 0.29) is 30.1 Å². The third-order valence-electron chi connectivity index (χ3n) is 3.81. The second-order valence-corrected chi connectivity index (χ2v) is 6.18. The number of carbonyl (C=O) groups excluding carboxylic acids is 1. The van der Waals surface area contributed by atoms with Crippen LogP contribution in [0.3, 0.4) is 0 Å². The summed E-state index contributed by atoms with van der Waals surface area (Å²) in [6.45, 7) is 1.45. The Morgan fingerprint density at radius 3 is 3.04 bits per heavy atom. The van der Waals surface area contributed by atoms with Crippen molar-refractivity contribution in [3.05, 3.63) is 20.7 Å². The van der Waals surface area contributed by atoms with Gasteiger partial charge in [-0.05, 0) is 28.8 Å². The molecule has 1 aliphatic rings. The molecule has 0 spiro atoms. The molecule has 2 aromatic heterocycles. The zero-order valence-electron chi connectivity index (χ0n) is 12.7. The van der Waals surface area contributed by atoms with Gasteiger partial charge in [-0.2, -0.15) is 10.2 Å². The van der Waals surface area contributed by atoms with Crippen LogP contribution >= 0.6 is 15.9 Å². The van der Waals surface area contributed by atoms with Gasteiger partial charge in [0.1, 0.15) is 35.0 Å². The summed E-state index contributed by atoms with van der Waals surface area (Å²) in [5, 5.41) is 9.64. The number of aromatic amines is 1. The number of anilines is 1. The maximum atomic E-state index is 12.3. The van der Waals surface area contributed by atoms with Gasteiger partial charge in [0.25, 0.3) is 0 Å². The Balaban J connectivity index is 2.00. The molecule has 0 aliphatic carbocycles. The average Bonchev–Trinajstić information content (AvgIpc) is 3.09. The molecule has 0 amide bonds. The molecule has 10 heteroatoms. The third kappa shape index (κ3) is 2.76. The summed E-state index contributed by atoms with van der Waals surface area (Å²) in [6.07, 6.45) is 0.298. The number of rotatable bonds is 3. The zero-order valence-corrected chi connectivity index (χ0v) is 14.3. The van der Waals surface area contributed by atoms with Gasteiger partial charge in [-0.1, -0.05) is 0 Å². The number of hydrogen-bond acceptors (Lipinski definition) is 7. The molecule has 0 aromatic carbocycles. The van der Waals surface area contributed by atoms with Crippen LogP contribution < -0.4 is 11.4 Å². The number of nitrogens with two attached hydrogens (primary N) is 1. The molecule has 3 rings (SSSR count). The van der Waals surface area contributed by atoms with Gasteiger partial charge in [0, 0.05) is 6.92 Å². The van der Waals surface area contributed by atoms with E-state index in [1.54, 1.807) is 0 Å². The lowest BCUT2D eigenvalue weighted by Gasteiger charge is -2.16. The maximum absolute atomic E-state index is 12.3. The van der Waals surface area contributed by atoms with Crippen molar-refractivity contribution in [1.82, 2.24) is 14.5 Å². The number of carbonyl (C=O) groups is 1. The highest BCUT2D eigenvalue weighted by atomic mass is 79.9. The predicted molar refractivity (Wildman–Crippen MR) is 87.0 cm³/mol. The van der Waals surface area contributed by atoms with Gasteiger partial charge < -0.3 is 20.2 Å². The minimum absolute atomic E-state index is 0.0146. The summed E-state index contributed by atoms with van der Waals surface area (Å²) in [4.78, 5) is 29.9. The lowest BCUT2D eigenvalue weighted by molar-refractivity contribution is -0.145. The normalized spacial score (nSPS) is 20.2. The second-order valence-electron chi connectivity index (χ2n) is 5.39. The number of halogens is 1. The van der Waals surface area contributed by atoms with Crippen molar-refractivity contribution >= 4 is 38.8 Å². The number of ether oxygens (including phenoxy) is 2. The molecule has 1 saturated heterocycles. The minimum atomic E-state index is -0.578. The molecular formula is C14H14BrN5O4. The van der Waals surface area contributed by atoms with Crippen LogP contribution in [0.4, 0.5) is 5.82 Å². The van der Waals surface area contributed by atoms with E-state index in [2.05, 4.69) is 25.9 Å². The zero-order chi connectivity index (χ0) is 17.4. The summed E-state index contributed by atoms with van der Waals surface area (Å²) in [5.74, 6) is -0.401. The average molecular weight is 396 g/mol. The van der Waals surface area contributed by atoms with E-state index in [4.69, 9.17) is 15.2 Å². The lowest BCUT2D eigenvalue weighted by Crippen LogP contribution is -2.29. The molecular weight excluding hydrogens is 382 g/mol. The van der Waals surface area contributed by atoms with Crippen LogP contribution in [0.5, 0.6) is 0 Å². The molecule has 0 saturated carbocycles. The summed E-state index contributed by atoms with van der Waals surface area (Å²) < 4.78 is 12.5. The highest BCUT2D eigenvalue weighted by molar-refractivity contribution is 9.10. The predicted octanol–water partition coefficient (Wildman–Crippen LogP) is 1.18. The molecule has 1 fully saturated rings. The van der Waals surface area contributed by atoms with Crippen LogP contribution in [0.1, 0.15) is 31.6 Å². The smallest absolute Gasteiger partial charge is 0.353 e. The number of aromatic nitrogens is 3. The van der Waals surface area contributed by atoms with Crippen molar-refractivity contribution < 1.29 is 14.3 Å². The molecule has 24 heavy (non-hydrogen) atoms. The first-order chi connectivity index (χ1) is 11.4. The molecule has 0 bridgehead atoms. The number of fused-ring (bicyclic) bond motifs is 1. The van der Waals surface area contributed by atoms with E-state index in [1.165, 1.54) is 11.5 Å². The van der Waals surface area contributed by atoms with E-state index in [1.807, 2.05) is 6.07 Å². The van der Waals surface area contributed by atoms with Crippen LogP contribution in [-0.4, -0.2) is 33.2 Å². The molecule has 2 aromatic rings. The van der Waals surface area contributed by atoms with E-state index in [0.29, 0.717) is 28.5 Å². The number of esters is 1. The van der Waals surface area contributed by atoms with Crippen molar-refractivity contribution in [2.75, 3.05) is 12.3 Å². The van der Waals surface area contributed by atoms with Gasteiger partial charge in [-0.25, -0.2) is 4.79 Å². The van der Waals surface area contributed by atoms with Crippen LogP contribution in [0.15, 0.2) is 9.40 Å². The molecule has 2 atom stereocenters. The van der Waals surface area contributed by atoms with E-state index in [9.17, 15) is 14.9 Å². The first kappa shape index (κ1) is 16.5. The summed E-state index contributed by atoms with van der Waals surface area (Å²) in [6, 6.07) is 2.03. The summed E-state index contributed by atoms with van der Waals surface area (Å²) >= 11 is 3.25. The SMILES string of the molecule is CC(=O)OC[C@@H]1CC[C@@H](n2c(=O)nc(N)c3c(C#N)c(Br)[nH]c32)O1. The second kappa shape index (κ2) is 6.26. The number of nitriles is 1. The van der Waals surface area contributed by atoms with Crippen molar-refractivity contribution in [3.8, 4) is 6.07 Å². The van der Waals surface area contributed by atoms with Crippen molar-refractivity contribution in [2.45, 2.75) is 32.1 Å². The van der Waals surface area contributed by atoms with Crippen molar-refractivity contribution in [1.29, 1.82) is 5.26 Å². The Labute approximate surface area is 144 Å². The van der Waals surface area contributed by atoms with Crippen molar-refractivity contribution in [2.24, 2.45) is 0 Å². The van der Waals surface area contributed by atoms with E-state index >= 15 is 0 Å². The third-order valence-corrected chi connectivity index (χ3v) is 4.41. The van der Waals surface area contributed by atoms with Crippen LogP contribution in [0.25, 0.3) is 11.0 Å². The molecule has 0 radical (unpaired) electrons. The fourth-order valence-electron chi connectivity index (χ4n) is 2.78. The van der Waals surface area contributed by atoms with E-state index < -0.39 is 11.9 Å². The highest BCUT2D eigenvalue weighted by Crippen LogP contribution is 2.33. The standard InChI is InChI=1S/C14H14BrN5O4/c1-6(21)23-5-7-2-3-9(24-7)20-13-10(12(17)19-14(20)22)8(4-16)11(15)18-13/h7,9,18H,2-3,5H2,1H3,(H2,17,19,22)/t7-,9-/m0/s1. The Bertz CT molecular complexity index is 912.